The molecule has 7 rings (SSSR count). The van der Waals surface area contributed by atoms with E-state index in [2.05, 4.69) is 138 Å². The molecule has 0 aliphatic carbocycles. The Labute approximate surface area is 208 Å². The van der Waals surface area contributed by atoms with E-state index in [1.165, 1.54) is 0 Å². The zero-order valence-corrected chi connectivity index (χ0v) is 19.5. The average molecular weight is 469 g/mol. The molecule has 6 heterocycles. The molecule has 0 aliphatic rings. The van der Waals surface area contributed by atoms with Gasteiger partial charge in [0.2, 0.25) is 0 Å². The molecule has 0 amide bonds. The zero-order chi connectivity index (χ0) is 23.9. The van der Waals surface area contributed by atoms with Gasteiger partial charge in [-0.05, 0) is 91.0 Å². The van der Waals surface area contributed by atoms with Gasteiger partial charge in [-0.25, -0.2) is 0 Å². The van der Waals surface area contributed by atoms with Crippen LogP contribution in [0.15, 0.2) is 147 Å². The van der Waals surface area contributed by atoms with Crippen LogP contribution in [0.2, 0.25) is 0 Å². The first kappa shape index (κ1) is 20.3. The maximum atomic E-state index is 2.24. The molecule has 6 aromatic heterocycles. The van der Waals surface area contributed by atoms with Crippen molar-refractivity contribution >= 4 is 0 Å². The summed E-state index contributed by atoms with van der Waals surface area (Å²) in [6.45, 7) is 0. The Morgan fingerprint density at radius 2 is 0.583 bits per heavy atom. The Morgan fingerprint density at radius 1 is 0.306 bits per heavy atom. The fourth-order valence-electron chi connectivity index (χ4n) is 4.86. The van der Waals surface area contributed by atoms with Gasteiger partial charge in [-0.1, -0.05) is 0 Å². The molecule has 0 bridgehead atoms. The van der Waals surface area contributed by atoms with Gasteiger partial charge in [0.15, 0.2) is 0 Å². The third kappa shape index (κ3) is 3.35. The normalized spacial score (nSPS) is 11.3. The van der Waals surface area contributed by atoms with Gasteiger partial charge in [-0.2, -0.15) is 0 Å². The second kappa shape index (κ2) is 8.29. The van der Waals surface area contributed by atoms with Crippen LogP contribution in [0, 0.1) is 0 Å². The van der Waals surface area contributed by atoms with Gasteiger partial charge in [-0.3, -0.25) is 0 Å². The van der Waals surface area contributed by atoms with Crippen molar-refractivity contribution in [2.75, 3.05) is 0 Å². The molecule has 0 unspecified atom stereocenters. The molecule has 174 valence electrons. The lowest BCUT2D eigenvalue weighted by atomic mass is 10.2. The second-order valence-electron chi connectivity index (χ2n) is 8.69. The molecule has 6 heteroatoms. The quantitative estimate of drug-likeness (QED) is 0.269. The largest absolute Gasteiger partial charge is 0.310 e. The minimum absolute atomic E-state index is 1.08. The predicted octanol–water partition coefficient (Wildman–Crippen LogP) is 6.43. The molecule has 0 spiro atoms. The lowest BCUT2D eigenvalue weighted by Crippen LogP contribution is -2.08. The van der Waals surface area contributed by atoms with Crippen LogP contribution in [0.1, 0.15) is 0 Å². The molecule has 7 aromatic rings. The number of hydrogen-bond acceptors (Lipinski definition) is 0. The summed E-state index contributed by atoms with van der Waals surface area (Å²) in [5.74, 6) is 3.25. The number of rotatable bonds is 6. The molecular weight excluding hydrogens is 444 g/mol. The summed E-state index contributed by atoms with van der Waals surface area (Å²) in [5.41, 5.74) is 3.24. The van der Waals surface area contributed by atoms with Crippen molar-refractivity contribution in [1.82, 2.24) is 27.4 Å². The summed E-state index contributed by atoms with van der Waals surface area (Å²) >= 11 is 0. The highest BCUT2D eigenvalue weighted by molar-refractivity contribution is 5.58. The molecule has 0 N–H and O–H groups in total. The molecule has 0 aliphatic heterocycles. The minimum Gasteiger partial charge on any atom is -0.310 e. The fraction of sp³-hybridized carbons (Fsp3) is 0. The van der Waals surface area contributed by atoms with E-state index in [0.717, 1.165) is 34.5 Å². The van der Waals surface area contributed by atoms with Gasteiger partial charge in [-0.15, -0.1) is 0 Å². The predicted molar refractivity (Wildman–Crippen MR) is 142 cm³/mol. The standard InChI is InChI=1S/C30H24N6/c1-2-14-31(13-1)28-10-7-19-34(28)25-22-26(35-20-8-11-29(35)32-15-3-4-16-32)24-27(23-25)36-21-9-12-30(36)33-17-5-6-18-33/h1-24H. The first-order valence-electron chi connectivity index (χ1n) is 11.9. The van der Waals surface area contributed by atoms with Crippen LogP contribution >= 0.6 is 0 Å². The molecule has 0 saturated heterocycles. The van der Waals surface area contributed by atoms with Crippen LogP contribution in [0.25, 0.3) is 34.5 Å². The molecule has 0 radical (unpaired) electrons. The third-order valence-corrected chi connectivity index (χ3v) is 6.51. The summed E-state index contributed by atoms with van der Waals surface area (Å²) < 4.78 is 13.1. The minimum atomic E-state index is 1.08. The third-order valence-electron chi connectivity index (χ3n) is 6.51. The van der Waals surface area contributed by atoms with Crippen molar-refractivity contribution in [1.29, 1.82) is 0 Å². The van der Waals surface area contributed by atoms with Gasteiger partial charge in [0.1, 0.15) is 17.5 Å². The summed E-state index contributed by atoms with van der Waals surface area (Å²) in [5, 5.41) is 0. The second-order valence-corrected chi connectivity index (χ2v) is 8.69. The van der Waals surface area contributed by atoms with Crippen LogP contribution in [-0.4, -0.2) is 27.4 Å². The molecular formula is C30H24N6. The van der Waals surface area contributed by atoms with E-state index in [9.17, 15) is 0 Å². The number of aromatic nitrogens is 6. The number of benzene rings is 1. The maximum absolute atomic E-state index is 2.24. The van der Waals surface area contributed by atoms with E-state index < -0.39 is 0 Å². The van der Waals surface area contributed by atoms with Gasteiger partial charge in [0.25, 0.3) is 0 Å². The van der Waals surface area contributed by atoms with Gasteiger partial charge < -0.3 is 27.4 Å². The van der Waals surface area contributed by atoms with Crippen molar-refractivity contribution in [3.63, 3.8) is 0 Å². The highest BCUT2D eigenvalue weighted by Crippen LogP contribution is 2.27. The van der Waals surface area contributed by atoms with Crippen molar-refractivity contribution in [2.24, 2.45) is 0 Å². The number of nitrogens with zero attached hydrogens (tertiary/aromatic N) is 6. The zero-order valence-electron chi connectivity index (χ0n) is 19.5. The topological polar surface area (TPSA) is 29.6 Å². The van der Waals surface area contributed by atoms with E-state index in [-0.39, 0.29) is 0 Å². The van der Waals surface area contributed by atoms with E-state index in [0.29, 0.717) is 0 Å². The smallest absolute Gasteiger partial charge is 0.121 e. The van der Waals surface area contributed by atoms with E-state index in [1.54, 1.807) is 0 Å². The Morgan fingerprint density at radius 3 is 0.861 bits per heavy atom. The summed E-state index contributed by atoms with van der Waals surface area (Å²) in [6, 6.07) is 31.7. The highest BCUT2D eigenvalue weighted by atomic mass is 15.2. The molecule has 36 heavy (non-hydrogen) atoms. The lowest BCUT2D eigenvalue weighted by molar-refractivity contribution is 0.900. The van der Waals surface area contributed by atoms with Crippen LogP contribution in [0.4, 0.5) is 0 Å². The summed E-state index contributed by atoms with van der Waals surface area (Å²) in [4.78, 5) is 0. The van der Waals surface area contributed by atoms with E-state index in [1.807, 2.05) is 36.4 Å². The average Bonchev–Trinajstić information content (AvgIpc) is 3.76. The Balaban J connectivity index is 1.45. The van der Waals surface area contributed by atoms with E-state index in [4.69, 9.17) is 0 Å². The SMILES string of the molecule is c1ccn(-c2cccn2-c2cc(-n3cccc3-n3cccc3)cc(-n3cccc3-n3cccc3)c2)c1. The van der Waals surface area contributed by atoms with Crippen LogP contribution in [-0.2, 0) is 0 Å². The summed E-state index contributed by atoms with van der Waals surface area (Å²) in [7, 11) is 0. The molecule has 0 fully saturated rings. The maximum Gasteiger partial charge on any atom is 0.121 e. The lowest BCUT2D eigenvalue weighted by Gasteiger charge is -2.18. The van der Waals surface area contributed by atoms with Crippen molar-refractivity contribution in [3.8, 4) is 34.5 Å². The van der Waals surface area contributed by atoms with Crippen LogP contribution in [0.3, 0.4) is 0 Å². The van der Waals surface area contributed by atoms with Crippen molar-refractivity contribution in [3.05, 3.63) is 147 Å². The first-order valence-corrected chi connectivity index (χ1v) is 11.9. The first-order chi connectivity index (χ1) is 17.8. The Bertz CT molecular complexity index is 1500. The van der Waals surface area contributed by atoms with Crippen LogP contribution < -0.4 is 0 Å². The Kier molecular flexibility index (Phi) is 4.67. The Hall–Kier alpha value is -5.10. The number of hydrogen-bond donors (Lipinski definition) is 0. The van der Waals surface area contributed by atoms with Crippen molar-refractivity contribution in [2.45, 2.75) is 0 Å². The van der Waals surface area contributed by atoms with E-state index >= 15 is 0 Å². The molecule has 0 saturated carbocycles. The molecule has 0 atom stereocenters. The van der Waals surface area contributed by atoms with Gasteiger partial charge in [0, 0.05) is 55.8 Å². The molecule has 6 nitrogen and oxygen atoms in total. The fourth-order valence-corrected chi connectivity index (χ4v) is 4.86. The highest BCUT2D eigenvalue weighted by Gasteiger charge is 2.14. The molecule has 1 aromatic carbocycles. The van der Waals surface area contributed by atoms with Gasteiger partial charge >= 0.3 is 0 Å². The van der Waals surface area contributed by atoms with Crippen molar-refractivity contribution < 1.29 is 0 Å². The van der Waals surface area contributed by atoms with Gasteiger partial charge in [0.05, 0.1) is 17.1 Å². The monoisotopic (exact) mass is 468 g/mol. The summed E-state index contributed by atoms with van der Waals surface area (Å²) in [6.07, 6.45) is 18.8. The van der Waals surface area contributed by atoms with Crippen LogP contribution in [0.5, 0.6) is 0 Å².